The first-order chi connectivity index (χ1) is 11.7. The number of nitrogens with zero attached hydrogens (tertiary/aromatic N) is 2. The van der Waals surface area contributed by atoms with Crippen molar-refractivity contribution in [3.63, 3.8) is 0 Å². The molecular formula is C13H16N4O8. The van der Waals surface area contributed by atoms with Crippen molar-refractivity contribution < 1.29 is 29.0 Å². The molecule has 0 bridgehead atoms. The summed E-state index contributed by atoms with van der Waals surface area (Å²) in [6.07, 6.45) is -1.08. The summed E-state index contributed by atoms with van der Waals surface area (Å²) in [6.45, 7) is 3.03. The fourth-order valence-electron chi connectivity index (χ4n) is 1.92. The number of nitro benzene ring substituents is 2. The first-order valence-corrected chi connectivity index (χ1v) is 6.95. The maximum Gasteiger partial charge on any atom is 0.533 e. The van der Waals surface area contributed by atoms with Gasteiger partial charge in [0.05, 0.1) is 17.0 Å². The van der Waals surface area contributed by atoms with Crippen LogP contribution >= 0.6 is 0 Å². The summed E-state index contributed by atoms with van der Waals surface area (Å²) < 4.78 is 4.17. The lowest BCUT2D eigenvalue weighted by Crippen LogP contribution is -2.40. The van der Waals surface area contributed by atoms with Gasteiger partial charge in [-0.1, -0.05) is 6.92 Å². The number of benzene rings is 1. The van der Waals surface area contributed by atoms with Gasteiger partial charge in [0.25, 0.3) is 17.3 Å². The van der Waals surface area contributed by atoms with E-state index in [9.17, 15) is 29.8 Å². The molecule has 1 unspecified atom stereocenters. The Kier molecular flexibility index (Phi) is 6.61. The van der Waals surface area contributed by atoms with Crippen molar-refractivity contribution in [2.75, 3.05) is 12.4 Å². The number of nitro groups is 2. The Morgan fingerprint density at radius 1 is 1.20 bits per heavy atom. The number of hydroxylamine groups is 1. The molecule has 0 saturated carbocycles. The quantitative estimate of drug-likeness (QED) is 0.439. The molecule has 1 rings (SSSR count). The third-order valence-electron chi connectivity index (χ3n) is 3.08. The van der Waals surface area contributed by atoms with Crippen LogP contribution in [0.3, 0.4) is 0 Å². The molecule has 12 heteroatoms. The van der Waals surface area contributed by atoms with Crippen LogP contribution in [0.25, 0.3) is 0 Å². The Hall–Kier alpha value is -3.44. The Morgan fingerprint density at radius 3 is 2.12 bits per heavy atom. The number of carbonyl (C=O) groups is 2. The third-order valence-corrected chi connectivity index (χ3v) is 3.08. The molecule has 136 valence electrons. The summed E-state index contributed by atoms with van der Waals surface area (Å²) in [6, 6.07) is 1.15. The fraction of sp³-hybridized carbons (Fsp3) is 0.385. The van der Waals surface area contributed by atoms with Crippen LogP contribution in [0.5, 0.6) is 0 Å². The number of hydrogen-bond acceptors (Lipinski definition) is 9. The van der Waals surface area contributed by atoms with Crippen molar-refractivity contribution in [1.82, 2.24) is 5.48 Å². The Labute approximate surface area is 141 Å². The zero-order valence-corrected chi connectivity index (χ0v) is 13.6. The molecule has 1 aromatic rings. The zero-order valence-electron chi connectivity index (χ0n) is 13.6. The lowest BCUT2D eigenvalue weighted by Gasteiger charge is -2.17. The average Bonchev–Trinajstić information content (AvgIpc) is 2.57. The minimum Gasteiger partial charge on any atom is -0.436 e. The van der Waals surface area contributed by atoms with Crippen LogP contribution in [-0.4, -0.2) is 35.1 Å². The maximum atomic E-state index is 12.0. The molecule has 0 radical (unpaired) electrons. The molecule has 25 heavy (non-hydrogen) atoms. The topological polar surface area (TPSA) is 163 Å². The number of ether oxygens (including phenoxy) is 1. The van der Waals surface area contributed by atoms with E-state index in [1.165, 1.54) is 6.92 Å². The number of amides is 1. The molecule has 0 spiro atoms. The number of anilines is 1. The minimum atomic E-state index is -1.17. The van der Waals surface area contributed by atoms with Crippen molar-refractivity contribution >= 4 is 29.1 Å². The van der Waals surface area contributed by atoms with Crippen LogP contribution < -0.4 is 10.8 Å². The normalized spacial score (nSPS) is 11.2. The lowest BCUT2D eigenvalue weighted by atomic mass is 10.1. The van der Waals surface area contributed by atoms with Gasteiger partial charge in [-0.2, -0.15) is 5.48 Å². The van der Waals surface area contributed by atoms with Crippen LogP contribution in [0.4, 0.5) is 21.9 Å². The second-order valence-corrected chi connectivity index (χ2v) is 4.82. The highest BCUT2D eigenvalue weighted by molar-refractivity contribution is 5.87. The predicted octanol–water partition coefficient (Wildman–Crippen LogP) is 1.82. The van der Waals surface area contributed by atoms with Crippen molar-refractivity contribution in [1.29, 1.82) is 0 Å². The Morgan fingerprint density at radius 2 is 1.72 bits per heavy atom. The van der Waals surface area contributed by atoms with E-state index in [1.54, 1.807) is 12.4 Å². The van der Waals surface area contributed by atoms with Crippen molar-refractivity contribution in [2.24, 2.45) is 0 Å². The number of hydrogen-bond donors (Lipinski definition) is 2. The predicted molar refractivity (Wildman–Crippen MR) is 83.8 cm³/mol. The van der Waals surface area contributed by atoms with Crippen molar-refractivity contribution in [2.45, 2.75) is 26.3 Å². The van der Waals surface area contributed by atoms with Gasteiger partial charge in [0, 0.05) is 12.1 Å². The fourth-order valence-corrected chi connectivity index (χ4v) is 1.92. The summed E-state index contributed by atoms with van der Waals surface area (Å²) in [5.41, 5.74) is 0.598. The van der Waals surface area contributed by atoms with Crippen molar-refractivity contribution in [3.05, 3.63) is 37.9 Å². The number of rotatable bonds is 6. The molecule has 2 N–H and O–H groups in total. The van der Waals surface area contributed by atoms with Gasteiger partial charge >= 0.3 is 6.16 Å². The van der Waals surface area contributed by atoms with Gasteiger partial charge in [-0.15, -0.1) is 0 Å². The van der Waals surface area contributed by atoms with E-state index in [1.807, 2.05) is 0 Å². The van der Waals surface area contributed by atoms with Gasteiger partial charge in [-0.25, -0.2) is 4.79 Å². The highest BCUT2D eigenvalue weighted by atomic mass is 16.8. The standard InChI is InChI=1S/C13H16N4O8/c1-4-8(12(18)15-25-13(19)24-3)14-11-9(16(20)21)5-7(2)6-10(11)17(22)23/h5-6,8,14H,4H2,1-3H3,(H,15,18). The summed E-state index contributed by atoms with van der Waals surface area (Å²) in [7, 11) is 1.03. The van der Waals surface area contributed by atoms with Crippen LogP contribution in [0.1, 0.15) is 18.9 Å². The lowest BCUT2D eigenvalue weighted by molar-refractivity contribution is -0.392. The molecular weight excluding hydrogens is 340 g/mol. The number of methoxy groups -OCH3 is 1. The largest absolute Gasteiger partial charge is 0.533 e. The van der Waals surface area contributed by atoms with E-state index in [4.69, 9.17) is 0 Å². The average molecular weight is 356 g/mol. The Bertz CT molecular complexity index is 670. The maximum absolute atomic E-state index is 12.0. The first kappa shape index (κ1) is 19.6. The van der Waals surface area contributed by atoms with Crippen LogP contribution in [0.2, 0.25) is 0 Å². The van der Waals surface area contributed by atoms with E-state index in [0.717, 1.165) is 19.2 Å². The SMILES string of the molecule is CCC(Nc1c([N+](=O)[O-])cc(C)cc1[N+](=O)[O-])C(=O)NOC(=O)OC. The van der Waals surface area contributed by atoms with Gasteiger partial charge in [-0.05, 0) is 18.9 Å². The first-order valence-electron chi connectivity index (χ1n) is 6.95. The summed E-state index contributed by atoms with van der Waals surface area (Å²) >= 11 is 0. The Balaban J connectivity index is 3.17. The molecule has 1 amide bonds. The summed E-state index contributed by atoms with van der Waals surface area (Å²) in [5.74, 6) is -0.864. The zero-order chi connectivity index (χ0) is 19.1. The minimum absolute atomic E-state index is 0.0958. The number of carbonyl (C=O) groups excluding carboxylic acids is 2. The molecule has 1 atom stereocenters. The van der Waals surface area contributed by atoms with E-state index in [2.05, 4.69) is 14.9 Å². The molecule has 0 aliphatic rings. The molecule has 12 nitrogen and oxygen atoms in total. The second-order valence-electron chi connectivity index (χ2n) is 4.82. The molecule has 0 fully saturated rings. The molecule has 0 aromatic heterocycles. The second kappa shape index (κ2) is 8.42. The number of nitrogens with one attached hydrogen (secondary N) is 2. The van der Waals surface area contributed by atoms with E-state index < -0.39 is 45.0 Å². The van der Waals surface area contributed by atoms with Crippen LogP contribution in [0, 0.1) is 27.2 Å². The van der Waals surface area contributed by atoms with Crippen LogP contribution in [-0.2, 0) is 14.4 Å². The molecule has 0 heterocycles. The van der Waals surface area contributed by atoms with Crippen molar-refractivity contribution in [3.8, 4) is 0 Å². The highest BCUT2D eigenvalue weighted by Crippen LogP contribution is 2.36. The van der Waals surface area contributed by atoms with Gasteiger partial charge in [-0.3, -0.25) is 25.0 Å². The summed E-state index contributed by atoms with van der Waals surface area (Å²) in [5, 5.41) is 24.9. The van der Waals surface area contributed by atoms with Crippen LogP contribution in [0.15, 0.2) is 12.1 Å². The third kappa shape index (κ3) is 5.02. The number of aryl methyl sites for hydroxylation is 1. The molecule has 0 aliphatic heterocycles. The van der Waals surface area contributed by atoms with E-state index >= 15 is 0 Å². The summed E-state index contributed by atoms with van der Waals surface area (Å²) in [4.78, 5) is 47.9. The highest BCUT2D eigenvalue weighted by Gasteiger charge is 2.30. The molecule has 0 aliphatic carbocycles. The monoisotopic (exact) mass is 356 g/mol. The van der Waals surface area contributed by atoms with Gasteiger partial charge in [0.15, 0.2) is 5.69 Å². The van der Waals surface area contributed by atoms with E-state index in [-0.39, 0.29) is 6.42 Å². The van der Waals surface area contributed by atoms with Gasteiger partial charge in [0.1, 0.15) is 6.04 Å². The molecule has 1 aromatic carbocycles. The van der Waals surface area contributed by atoms with E-state index in [0.29, 0.717) is 5.56 Å². The van der Waals surface area contributed by atoms with Gasteiger partial charge in [0.2, 0.25) is 0 Å². The van der Waals surface area contributed by atoms with Gasteiger partial charge < -0.3 is 14.9 Å². The smallest absolute Gasteiger partial charge is 0.436 e. The molecule has 0 saturated heterocycles.